The molecule has 1 aromatic rings. The van der Waals surface area contributed by atoms with Crippen LogP contribution in [0, 0.1) is 6.92 Å². The summed E-state index contributed by atoms with van der Waals surface area (Å²) in [5.74, 6) is 1.90. The Kier molecular flexibility index (Phi) is 6.63. The highest BCUT2D eigenvalue weighted by Crippen LogP contribution is 2.32. The largest absolute Gasteiger partial charge is 0.493 e. The van der Waals surface area contributed by atoms with Crippen molar-refractivity contribution in [3.63, 3.8) is 0 Å². The minimum atomic E-state index is 0.335. The van der Waals surface area contributed by atoms with E-state index in [4.69, 9.17) is 9.47 Å². The fraction of sp³-hybridized carbons (Fsp3) is 0.562. The fourth-order valence-corrected chi connectivity index (χ4v) is 2.09. The molecule has 18 heavy (non-hydrogen) atoms. The topological polar surface area (TPSA) is 18.5 Å². The van der Waals surface area contributed by atoms with E-state index in [1.165, 1.54) is 31.2 Å². The van der Waals surface area contributed by atoms with Gasteiger partial charge in [-0.15, -0.1) is 0 Å². The highest BCUT2D eigenvalue weighted by atomic mass is 16.5. The molecule has 0 saturated heterocycles. The third kappa shape index (κ3) is 4.25. The molecule has 1 atom stereocenters. The van der Waals surface area contributed by atoms with E-state index in [-0.39, 0.29) is 0 Å². The molecule has 0 amide bonds. The zero-order valence-electron chi connectivity index (χ0n) is 11.9. The van der Waals surface area contributed by atoms with Gasteiger partial charge in [0.1, 0.15) is 0 Å². The molecule has 0 aromatic heterocycles. The van der Waals surface area contributed by atoms with Crippen molar-refractivity contribution in [2.45, 2.75) is 44.9 Å². The number of benzene rings is 1. The summed E-state index contributed by atoms with van der Waals surface area (Å²) < 4.78 is 10.6. The summed E-state index contributed by atoms with van der Waals surface area (Å²) in [5, 5.41) is 0. The molecule has 101 valence electrons. The first-order valence-corrected chi connectivity index (χ1v) is 6.78. The van der Waals surface area contributed by atoms with Gasteiger partial charge in [-0.25, -0.2) is 0 Å². The molecule has 0 aliphatic rings. The molecule has 0 heterocycles. The molecular weight excluding hydrogens is 224 g/mol. The Balaban J connectivity index is 2.59. The molecule has 1 rings (SSSR count). The Bertz CT molecular complexity index is 347. The Hall–Kier alpha value is -1.18. The lowest BCUT2D eigenvalue weighted by Gasteiger charge is -2.14. The second-order valence-corrected chi connectivity index (χ2v) is 4.66. The van der Waals surface area contributed by atoms with Crippen molar-refractivity contribution in [2.75, 3.05) is 14.2 Å². The molecule has 0 spiro atoms. The Morgan fingerprint density at radius 2 is 1.78 bits per heavy atom. The summed E-state index contributed by atoms with van der Waals surface area (Å²) in [5.41, 5.74) is 1.23. The zero-order valence-corrected chi connectivity index (χ0v) is 11.9. The molecule has 1 aromatic carbocycles. The van der Waals surface area contributed by atoms with Crippen LogP contribution in [-0.4, -0.2) is 14.2 Å². The number of rotatable bonds is 8. The van der Waals surface area contributed by atoms with Crippen LogP contribution in [0.25, 0.3) is 0 Å². The van der Waals surface area contributed by atoms with Crippen molar-refractivity contribution in [2.24, 2.45) is 0 Å². The summed E-state index contributed by atoms with van der Waals surface area (Å²) in [6, 6.07) is 6.08. The highest BCUT2D eigenvalue weighted by Gasteiger charge is 2.10. The SMILES string of the molecule is [CH2]C(CCCCCC)c1ccc(OC)c(OC)c1. The molecule has 1 radical (unpaired) electrons. The predicted molar refractivity (Wildman–Crippen MR) is 76.4 cm³/mol. The first kappa shape index (κ1) is 14.9. The van der Waals surface area contributed by atoms with Gasteiger partial charge in [-0.05, 0) is 37.0 Å². The van der Waals surface area contributed by atoms with Crippen LogP contribution in [0.2, 0.25) is 0 Å². The van der Waals surface area contributed by atoms with Crippen LogP contribution in [0.4, 0.5) is 0 Å². The predicted octanol–water partition coefficient (Wildman–Crippen LogP) is 4.59. The summed E-state index contributed by atoms with van der Waals surface area (Å²) >= 11 is 0. The van der Waals surface area contributed by atoms with Gasteiger partial charge in [-0.2, -0.15) is 0 Å². The first-order chi connectivity index (χ1) is 8.72. The normalized spacial score (nSPS) is 12.2. The Morgan fingerprint density at radius 1 is 1.06 bits per heavy atom. The third-order valence-corrected chi connectivity index (χ3v) is 3.29. The minimum absolute atomic E-state index is 0.335. The smallest absolute Gasteiger partial charge is 0.160 e. The van der Waals surface area contributed by atoms with Crippen LogP contribution < -0.4 is 9.47 Å². The zero-order chi connectivity index (χ0) is 13.4. The van der Waals surface area contributed by atoms with E-state index in [0.717, 1.165) is 17.9 Å². The van der Waals surface area contributed by atoms with Gasteiger partial charge in [-0.3, -0.25) is 0 Å². The van der Waals surface area contributed by atoms with E-state index in [1.807, 2.05) is 12.1 Å². The van der Waals surface area contributed by atoms with Crippen LogP contribution in [-0.2, 0) is 0 Å². The highest BCUT2D eigenvalue weighted by molar-refractivity contribution is 5.44. The summed E-state index contributed by atoms with van der Waals surface area (Å²) in [7, 11) is 3.32. The number of hydrogen-bond acceptors (Lipinski definition) is 2. The van der Waals surface area contributed by atoms with E-state index >= 15 is 0 Å². The van der Waals surface area contributed by atoms with Gasteiger partial charge in [-0.1, -0.05) is 38.7 Å². The minimum Gasteiger partial charge on any atom is -0.493 e. The average Bonchev–Trinajstić information content (AvgIpc) is 2.42. The van der Waals surface area contributed by atoms with Crippen LogP contribution in [0.1, 0.15) is 50.5 Å². The van der Waals surface area contributed by atoms with E-state index in [1.54, 1.807) is 14.2 Å². The van der Waals surface area contributed by atoms with Crippen molar-refractivity contribution in [1.29, 1.82) is 0 Å². The quantitative estimate of drug-likeness (QED) is 0.627. The maximum Gasteiger partial charge on any atom is 0.160 e. The van der Waals surface area contributed by atoms with Crippen LogP contribution in [0.5, 0.6) is 11.5 Å². The van der Waals surface area contributed by atoms with Gasteiger partial charge >= 0.3 is 0 Å². The van der Waals surface area contributed by atoms with Crippen molar-refractivity contribution >= 4 is 0 Å². The first-order valence-electron chi connectivity index (χ1n) is 6.78. The summed E-state index contributed by atoms with van der Waals surface area (Å²) in [6.45, 7) is 6.47. The molecule has 2 heteroatoms. The standard InChI is InChI=1S/C16H25O2/c1-5-6-7-8-9-13(2)14-10-11-15(17-3)16(12-14)18-4/h10-13H,2,5-9H2,1,3-4H3. The second kappa shape index (κ2) is 8.02. The van der Waals surface area contributed by atoms with Gasteiger partial charge in [0.05, 0.1) is 14.2 Å². The van der Waals surface area contributed by atoms with Gasteiger partial charge in [0.2, 0.25) is 0 Å². The number of unbranched alkanes of at least 4 members (excludes halogenated alkanes) is 3. The Labute approximate surface area is 111 Å². The van der Waals surface area contributed by atoms with E-state index in [2.05, 4.69) is 19.9 Å². The van der Waals surface area contributed by atoms with Crippen LogP contribution in [0.15, 0.2) is 18.2 Å². The van der Waals surface area contributed by atoms with Crippen molar-refractivity contribution < 1.29 is 9.47 Å². The van der Waals surface area contributed by atoms with E-state index in [9.17, 15) is 0 Å². The lowest BCUT2D eigenvalue weighted by molar-refractivity contribution is 0.354. The van der Waals surface area contributed by atoms with Crippen LogP contribution >= 0.6 is 0 Å². The summed E-state index contributed by atoms with van der Waals surface area (Å²) in [6.07, 6.45) is 6.28. The second-order valence-electron chi connectivity index (χ2n) is 4.66. The van der Waals surface area contributed by atoms with Gasteiger partial charge in [0.15, 0.2) is 11.5 Å². The van der Waals surface area contributed by atoms with Gasteiger partial charge < -0.3 is 9.47 Å². The summed E-state index contributed by atoms with van der Waals surface area (Å²) in [4.78, 5) is 0. The molecule has 0 fully saturated rings. The van der Waals surface area contributed by atoms with Gasteiger partial charge in [0, 0.05) is 0 Å². The molecule has 1 unspecified atom stereocenters. The average molecular weight is 249 g/mol. The van der Waals surface area contributed by atoms with Crippen molar-refractivity contribution in [1.82, 2.24) is 0 Å². The number of methoxy groups -OCH3 is 2. The van der Waals surface area contributed by atoms with Crippen molar-refractivity contribution in [3.05, 3.63) is 30.7 Å². The van der Waals surface area contributed by atoms with E-state index in [0.29, 0.717) is 5.92 Å². The lowest BCUT2D eigenvalue weighted by Crippen LogP contribution is -1.97. The monoisotopic (exact) mass is 249 g/mol. The molecule has 0 saturated carbocycles. The number of hydrogen-bond donors (Lipinski definition) is 0. The third-order valence-electron chi connectivity index (χ3n) is 3.29. The molecule has 0 aliphatic carbocycles. The van der Waals surface area contributed by atoms with Gasteiger partial charge in [0.25, 0.3) is 0 Å². The molecule has 2 nitrogen and oxygen atoms in total. The molecule has 0 aliphatic heterocycles. The maximum atomic E-state index is 5.32. The van der Waals surface area contributed by atoms with Crippen LogP contribution in [0.3, 0.4) is 0 Å². The van der Waals surface area contributed by atoms with E-state index < -0.39 is 0 Å². The molecular formula is C16H25O2. The van der Waals surface area contributed by atoms with Crippen molar-refractivity contribution in [3.8, 4) is 11.5 Å². The maximum absolute atomic E-state index is 5.32. The Morgan fingerprint density at radius 3 is 2.39 bits per heavy atom. The lowest BCUT2D eigenvalue weighted by atomic mass is 9.94. The fourth-order valence-electron chi connectivity index (χ4n) is 2.09. The number of ether oxygens (including phenoxy) is 2. The molecule has 0 N–H and O–H groups in total. The molecule has 0 bridgehead atoms.